The molecular weight excluding hydrogens is 438 g/mol. The molecule has 172 valence electrons. The molecule has 1 fully saturated rings. The van der Waals surface area contributed by atoms with Crippen LogP contribution in [0.4, 0.5) is 5.69 Å². The summed E-state index contributed by atoms with van der Waals surface area (Å²) in [5.41, 5.74) is 1.80. The number of Topliss-reactive ketones (excluding diaryl/α,β-unsaturated/α-hetero) is 1. The number of ether oxygens (including phenoxy) is 3. The Morgan fingerprint density at radius 3 is 2.53 bits per heavy atom. The minimum Gasteiger partial charge on any atom is -0.507 e. The molecule has 0 bridgehead atoms. The number of amides is 1. The number of carbonyl (C=O) groups is 2. The second kappa shape index (κ2) is 7.98. The van der Waals surface area contributed by atoms with E-state index >= 15 is 0 Å². The van der Waals surface area contributed by atoms with Crippen molar-refractivity contribution >= 4 is 23.1 Å². The summed E-state index contributed by atoms with van der Waals surface area (Å²) in [6, 6.07) is 12.7. The van der Waals surface area contributed by atoms with Gasteiger partial charge in [-0.3, -0.25) is 14.5 Å². The number of rotatable bonds is 3. The monoisotopic (exact) mass is 459 g/mol. The number of benzene rings is 2. The summed E-state index contributed by atoms with van der Waals surface area (Å²) in [5, 5.41) is 11.3. The first-order chi connectivity index (χ1) is 16.6. The number of fused-ring (bicyclic) bond motifs is 2. The summed E-state index contributed by atoms with van der Waals surface area (Å²) < 4.78 is 22.5. The molecule has 34 heavy (non-hydrogen) atoms. The highest BCUT2D eigenvalue weighted by atomic mass is 16.6. The van der Waals surface area contributed by atoms with Crippen LogP contribution in [-0.2, 0) is 16.0 Å². The predicted molar refractivity (Wildman–Crippen MR) is 121 cm³/mol. The highest BCUT2D eigenvalue weighted by molar-refractivity contribution is 6.51. The van der Waals surface area contributed by atoms with Crippen LogP contribution in [0.3, 0.4) is 0 Å². The van der Waals surface area contributed by atoms with Crippen molar-refractivity contribution in [1.82, 2.24) is 0 Å². The number of anilines is 1. The molecule has 6 rings (SSSR count). The second-order valence-electron chi connectivity index (χ2n) is 8.29. The van der Waals surface area contributed by atoms with Crippen LogP contribution in [0.5, 0.6) is 17.2 Å². The van der Waals surface area contributed by atoms with Gasteiger partial charge in [0, 0.05) is 17.3 Å². The number of aliphatic hydroxyl groups is 1. The van der Waals surface area contributed by atoms with E-state index in [-0.39, 0.29) is 11.3 Å². The minimum atomic E-state index is -0.940. The van der Waals surface area contributed by atoms with Gasteiger partial charge in [-0.15, -0.1) is 0 Å². The number of hydrogen-bond donors (Lipinski definition) is 1. The zero-order valence-electron chi connectivity index (χ0n) is 18.2. The molecule has 0 aliphatic carbocycles. The fraction of sp³-hybridized carbons (Fsp3) is 0.231. The Labute approximate surface area is 194 Å². The van der Waals surface area contributed by atoms with Crippen LogP contribution in [0.1, 0.15) is 29.3 Å². The van der Waals surface area contributed by atoms with Crippen LogP contribution in [0, 0.1) is 0 Å². The summed E-state index contributed by atoms with van der Waals surface area (Å²) in [4.78, 5) is 27.8. The van der Waals surface area contributed by atoms with Gasteiger partial charge in [0.2, 0.25) is 0 Å². The van der Waals surface area contributed by atoms with E-state index in [4.69, 9.17) is 18.6 Å². The molecule has 0 radical (unpaired) electrons. The van der Waals surface area contributed by atoms with Gasteiger partial charge >= 0.3 is 0 Å². The van der Waals surface area contributed by atoms with E-state index in [1.807, 2.05) is 0 Å². The molecule has 0 saturated carbocycles. The summed E-state index contributed by atoms with van der Waals surface area (Å²) in [7, 11) is 0. The maximum Gasteiger partial charge on any atom is 0.300 e. The molecule has 1 unspecified atom stereocenters. The molecule has 1 aromatic heterocycles. The lowest BCUT2D eigenvalue weighted by Crippen LogP contribution is -2.29. The number of hydrogen-bond acceptors (Lipinski definition) is 7. The highest BCUT2D eigenvalue weighted by Crippen LogP contribution is 2.45. The first-order valence-corrected chi connectivity index (χ1v) is 11.1. The molecule has 3 aliphatic heterocycles. The van der Waals surface area contributed by atoms with E-state index in [1.165, 1.54) is 11.2 Å². The van der Waals surface area contributed by atoms with Gasteiger partial charge in [0.15, 0.2) is 11.5 Å². The average molecular weight is 459 g/mol. The Bertz CT molecular complexity index is 1320. The molecule has 1 atom stereocenters. The lowest BCUT2D eigenvalue weighted by Gasteiger charge is -2.25. The molecular formula is C26H21NO7. The fourth-order valence-corrected chi connectivity index (χ4v) is 4.66. The number of ketones is 1. The van der Waals surface area contributed by atoms with Crippen molar-refractivity contribution < 1.29 is 33.3 Å². The molecule has 3 aliphatic rings. The molecule has 8 nitrogen and oxygen atoms in total. The standard InChI is InChI=1S/C26H21NO7/c28-24(16-5-7-18-15(13-16)3-1-9-31-18)22-23(20-4-2-10-32-20)27(26(30)25(22)29)17-6-8-19-21(14-17)34-12-11-33-19/h2,4-8,10,13-14,23,28H,1,3,9,11-12H2/b24-22-. The SMILES string of the molecule is O=C1C(=O)N(c2ccc3c(c2)OCCO3)C(c2ccco2)/C1=C(/O)c1ccc2c(c1)CCCO2. The smallest absolute Gasteiger partial charge is 0.300 e. The maximum atomic E-state index is 13.3. The second-order valence-corrected chi connectivity index (χ2v) is 8.29. The van der Waals surface area contributed by atoms with Gasteiger partial charge in [0.1, 0.15) is 36.5 Å². The van der Waals surface area contributed by atoms with Crippen molar-refractivity contribution in [2.75, 3.05) is 24.7 Å². The number of carbonyl (C=O) groups excluding carboxylic acids is 2. The summed E-state index contributed by atoms with van der Waals surface area (Å²) in [6.45, 7) is 1.48. The third kappa shape index (κ3) is 3.22. The van der Waals surface area contributed by atoms with Crippen LogP contribution < -0.4 is 19.1 Å². The summed E-state index contributed by atoms with van der Waals surface area (Å²) >= 11 is 0. The molecule has 8 heteroatoms. The van der Waals surface area contributed by atoms with Crippen LogP contribution in [-0.4, -0.2) is 36.6 Å². The Hall–Kier alpha value is -4.20. The molecule has 2 aromatic carbocycles. The molecule has 1 saturated heterocycles. The van der Waals surface area contributed by atoms with E-state index in [0.717, 1.165) is 24.2 Å². The first-order valence-electron chi connectivity index (χ1n) is 11.1. The first kappa shape index (κ1) is 20.4. The van der Waals surface area contributed by atoms with Gasteiger partial charge in [-0.05, 0) is 60.9 Å². The van der Waals surface area contributed by atoms with E-state index in [2.05, 4.69) is 0 Å². The van der Waals surface area contributed by atoms with Gasteiger partial charge in [0.25, 0.3) is 11.7 Å². The summed E-state index contributed by atoms with van der Waals surface area (Å²) in [6.07, 6.45) is 3.15. The molecule has 1 N–H and O–H groups in total. The van der Waals surface area contributed by atoms with Crippen molar-refractivity contribution in [1.29, 1.82) is 0 Å². The number of aryl methyl sites for hydroxylation is 1. The zero-order chi connectivity index (χ0) is 23.2. The molecule has 3 aromatic rings. The van der Waals surface area contributed by atoms with E-state index < -0.39 is 17.7 Å². The van der Waals surface area contributed by atoms with Crippen molar-refractivity contribution in [3.8, 4) is 17.2 Å². The maximum absolute atomic E-state index is 13.3. The van der Waals surface area contributed by atoms with Gasteiger partial charge in [-0.2, -0.15) is 0 Å². The highest BCUT2D eigenvalue weighted by Gasteiger charge is 2.48. The van der Waals surface area contributed by atoms with Gasteiger partial charge in [-0.1, -0.05) is 0 Å². The van der Waals surface area contributed by atoms with E-state index in [0.29, 0.717) is 48.3 Å². The van der Waals surface area contributed by atoms with Crippen LogP contribution in [0.25, 0.3) is 5.76 Å². The van der Waals surface area contributed by atoms with Crippen molar-refractivity contribution in [3.05, 3.63) is 77.3 Å². The van der Waals surface area contributed by atoms with E-state index in [9.17, 15) is 14.7 Å². The minimum absolute atomic E-state index is 0.0356. The lowest BCUT2D eigenvalue weighted by atomic mass is 9.96. The van der Waals surface area contributed by atoms with E-state index in [1.54, 1.807) is 48.5 Å². The Kier molecular flexibility index (Phi) is 4.79. The Morgan fingerprint density at radius 1 is 0.912 bits per heavy atom. The average Bonchev–Trinajstić information content (AvgIpc) is 3.50. The molecule has 4 heterocycles. The normalized spacial score (nSPS) is 20.7. The zero-order valence-corrected chi connectivity index (χ0v) is 18.2. The third-order valence-electron chi connectivity index (χ3n) is 6.24. The van der Waals surface area contributed by atoms with Crippen molar-refractivity contribution in [2.45, 2.75) is 18.9 Å². The van der Waals surface area contributed by atoms with Crippen LogP contribution in [0.15, 0.2) is 64.8 Å². The van der Waals surface area contributed by atoms with Crippen LogP contribution >= 0.6 is 0 Å². The summed E-state index contributed by atoms with van der Waals surface area (Å²) in [5.74, 6) is 0.367. The predicted octanol–water partition coefficient (Wildman–Crippen LogP) is 4.00. The lowest BCUT2D eigenvalue weighted by molar-refractivity contribution is -0.132. The fourth-order valence-electron chi connectivity index (χ4n) is 4.66. The molecule has 0 spiro atoms. The van der Waals surface area contributed by atoms with Crippen molar-refractivity contribution in [2.24, 2.45) is 0 Å². The number of furan rings is 1. The van der Waals surface area contributed by atoms with Crippen LogP contribution in [0.2, 0.25) is 0 Å². The molecule has 1 amide bonds. The number of aliphatic hydroxyl groups excluding tert-OH is 1. The Morgan fingerprint density at radius 2 is 1.71 bits per heavy atom. The quantitative estimate of drug-likeness (QED) is 0.359. The van der Waals surface area contributed by atoms with Gasteiger partial charge < -0.3 is 23.7 Å². The third-order valence-corrected chi connectivity index (χ3v) is 6.24. The van der Waals surface area contributed by atoms with Crippen molar-refractivity contribution in [3.63, 3.8) is 0 Å². The van der Waals surface area contributed by atoms with Gasteiger partial charge in [-0.25, -0.2) is 0 Å². The van der Waals surface area contributed by atoms with Gasteiger partial charge in [0.05, 0.1) is 18.4 Å². The largest absolute Gasteiger partial charge is 0.507 e. The number of nitrogens with zero attached hydrogens (tertiary/aromatic N) is 1. The Balaban J connectivity index is 1.49. The topological polar surface area (TPSA) is 98.4 Å².